The fourth-order valence-electron chi connectivity index (χ4n) is 6.78. The lowest BCUT2D eigenvalue weighted by Crippen LogP contribution is -2.52. The number of hydrogen-bond acceptors (Lipinski definition) is 6. The minimum absolute atomic E-state index is 0.145. The van der Waals surface area contributed by atoms with E-state index in [1.807, 2.05) is 12.1 Å². The summed E-state index contributed by atoms with van der Waals surface area (Å²) in [5.74, 6) is -1.52. The molecule has 3 fully saturated rings. The van der Waals surface area contributed by atoms with Gasteiger partial charge >= 0.3 is 0 Å². The molecular weight excluding hydrogens is 503 g/mol. The summed E-state index contributed by atoms with van der Waals surface area (Å²) in [6, 6.07) is 9.29. The van der Waals surface area contributed by atoms with E-state index in [0.29, 0.717) is 36.8 Å². The molecule has 0 aromatic heterocycles. The first kappa shape index (κ1) is 25.3. The van der Waals surface area contributed by atoms with Crippen molar-refractivity contribution in [1.29, 1.82) is 0 Å². The zero-order valence-corrected chi connectivity index (χ0v) is 21.6. The van der Waals surface area contributed by atoms with Crippen molar-refractivity contribution in [3.05, 3.63) is 58.9 Å². The van der Waals surface area contributed by atoms with Gasteiger partial charge in [0.15, 0.2) is 0 Å². The topological polar surface area (TPSA) is 122 Å². The van der Waals surface area contributed by atoms with E-state index in [1.54, 1.807) is 11.0 Å². The molecule has 1 spiro atoms. The zero-order chi connectivity index (χ0) is 27.3. The lowest BCUT2D eigenvalue weighted by molar-refractivity contribution is -0.136. The van der Waals surface area contributed by atoms with Crippen molar-refractivity contribution >= 4 is 29.3 Å². The second-order valence-corrected chi connectivity index (χ2v) is 11.3. The van der Waals surface area contributed by atoms with Crippen LogP contribution in [0.1, 0.15) is 64.8 Å². The van der Waals surface area contributed by atoms with Crippen molar-refractivity contribution in [2.24, 2.45) is 17.1 Å². The molecule has 0 bridgehead atoms. The molecule has 0 radical (unpaired) electrons. The predicted molar refractivity (Wildman–Crippen MR) is 140 cm³/mol. The number of anilines is 1. The molecule has 3 aliphatic heterocycles. The van der Waals surface area contributed by atoms with E-state index in [4.69, 9.17) is 10.5 Å². The number of primary amides is 1. The van der Waals surface area contributed by atoms with Crippen LogP contribution in [-0.4, -0.2) is 54.3 Å². The first-order valence-corrected chi connectivity index (χ1v) is 13.5. The molecule has 1 aliphatic carbocycles. The lowest BCUT2D eigenvalue weighted by Gasteiger charge is -2.52. The molecule has 4 aliphatic rings. The van der Waals surface area contributed by atoms with E-state index in [-0.39, 0.29) is 29.2 Å². The van der Waals surface area contributed by atoms with Gasteiger partial charge in [-0.1, -0.05) is 6.07 Å². The predicted octanol–water partition coefficient (Wildman–Crippen LogP) is 2.76. The number of nitrogens with zero attached hydrogens (tertiary/aromatic N) is 2. The Labute approximate surface area is 225 Å². The number of benzene rings is 2. The lowest BCUT2D eigenvalue weighted by atomic mass is 9.58. The number of ether oxygens (including phenoxy) is 1. The quantitative estimate of drug-likeness (QED) is 0.550. The standard InChI is InChI=1S/C29H31FN4O5/c30-22-12-18(4-5-20(22)26(31)36)39-16-17-13-29(14-17)8-10-33(11-9-29)23-3-1-2-19-21(23)15-34(28(19)38)24-6-7-25(35)32-27(24)37/h1-5,12,17,24H,6-11,13-16H2,(H2,31,36)(H,32,35,37). The third kappa shape index (κ3) is 4.62. The van der Waals surface area contributed by atoms with Gasteiger partial charge in [-0.2, -0.15) is 0 Å². The summed E-state index contributed by atoms with van der Waals surface area (Å²) in [4.78, 5) is 52.3. The van der Waals surface area contributed by atoms with Crippen LogP contribution in [-0.2, 0) is 16.1 Å². The number of fused-ring (bicyclic) bond motifs is 1. The second-order valence-electron chi connectivity index (χ2n) is 11.3. The monoisotopic (exact) mass is 534 g/mol. The van der Waals surface area contributed by atoms with Crippen molar-refractivity contribution in [2.75, 3.05) is 24.6 Å². The Hall–Kier alpha value is -3.95. The van der Waals surface area contributed by atoms with Gasteiger partial charge in [-0.25, -0.2) is 4.39 Å². The van der Waals surface area contributed by atoms with Gasteiger partial charge in [-0.3, -0.25) is 24.5 Å². The molecule has 39 heavy (non-hydrogen) atoms. The first-order chi connectivity index (χ1) is 18.7. The van der Waals surface area contributed by atoms with Gasteiger partial charge in [-0.15, -0.1) is 0 Å². The van der Waals surface area contributed by atoms with Crippen LogP contribution >= 0.6 is 0 Å². The molecular formula is C29H31FN4O5. The highest BCUT2D eigenvalue weighted by atomic mass is 19.1. The number of nitrogens with one attached hydrogen (secondary N) is 1. The summed E-state index contributed by atoms with van der Waals surface area (Å²) < 4.78 is 19.8. The second kappa shape index (κ2) is 9.66. The van der Waals surface area contributed by atoms with Crippen LogP contribution < -0.4 is 20.7 Å². The summed E-state index contributed by atoms with van der Waals surface area (Å²) in [6.45, 7) is 2.65. The smallest absolute Gasteiger partial charge is 0.255 e. The summed E-state index contributed by atoms with van der Waals surface area (Å²) in [5, 5.41) is 2.36. The Morgan fingerprint density at radius 1 is 1.13 bits per heavy atom. The number of carbonyl (C=O) groups excluding carboxylic acids is 4. The molecule has 2 aromatic carbocycles. The van der Waals surface area contributed by atoms with Crippen LogP contribution in [0, 0.1) is 17.2 Å². The summed E-state index contributed by atoms with van der Waals surface area (Å²) in [5.41, 5.74) is 7.93. The maximum atomic E-state index is 14.0. The number of piperidine rings is 2. The maximum Gasteiger partial charge on any atom is 0.255 e. The SMILES string of the molecule is NC(=O)c1ccc(OCC2CC3(CCN(c4cccc5c4CN(C4CCC(=O)NC4=O)C5=O)CC3)C2)cc1F. The highest BCUT2D eigenvalue weighted by Gasteiger charge is 2.47. The molecule has 6 rings (SSSR count). The largest absolute Gasteiger partial charge is 0.493 e. The van der Waals surface area contributed by atoms with Crippen LogP contribution in [0.5, 0.6) is 5.75 Å². The molecule has 1 saturated carbocycles. The number of carbonyl (C=O) groups is 4. The average molecular weight is 535 g/mol. The molecule has 3 heterocycles. The average Bonchev–Trinajstić information content (AvgIpc) is 3.22. The molecule has 4 amide bonds. The van der Waals surface area contributed by atoms with Crippen molar-refractivity contribution < 1.29 is 28.3 Å². The Morgan fingerprint density at radius 3 is 2.59 bits per heavy atom. The molecule has 2 saturated heterocycles. The third-order valence-electron chi connectivity index (χ3n) is 8.86. The Morgan fingerprint density at radius 2 is 1.90 bits per heavy atom. The van der Waals surface area contributed by atoms with Crippen molar-refractivity contribution in [1.82, 2.24) is 10.2 Å². The minimum atomic E-state index is -0.801. The molecule has 1 unspecified atom stereocenters. The number of rotatable bonds is 6. The van der Waals surface area contributed by atoms with Gasteiger partial charge in [-0.05, 0) is 67.7 Å². The van der Waals surface area contributed by atoms with Crippen molar-refractivity contribution in [3.63, 3.8) is 0 Å². The fourth-order valence-corrected chi connectivity index (χ4v) is 6.78. The van der Waals surface area contributed by atoms with Crippen molar-refractivity contribution in [2.45, 2.75) is 51.1 Å². The van der Waals surface area contributed by atoms with Gasteiger partial charge in [0.25, 0.3) is 11.8 Å². The highest BCUT2D eigenvalue weighted by molar-refractivity contribution is 6.06. The van der Waals surface area contributed by atoms with Crippen LogP contribution in [0.2, 0.25) is 0 Å². The number of nitrogens with two attached hydrogens (primary N) is 1. The van der Waals surface area contributed by atoms with Gasteiger partial charge in [0.1, 0.15) is 17.6 Å². The van der Waals surface area contributed by atoms with Gasteiger partial charge in [0.05, 0.1) is 12.2 Å². The molecule has 204 valence electrons. The first-order valence-electron chi connectivity index (χ1n) is 13.5. The maximum absolute atomic E-state index is 14.0. The highest BCUT2D eigenvalue weighted by Crippen LogP contribution is 2.53. The molecule has 3 N–H and O–H groups in total. The van der Waals surface area contributed by atoms with Gasteiger partial charge in [0, 0.05) is 48.9 Å². The third-order valence-corrected chi connectivity index (χ3v) is 8.86. The summed E-state index contributed by atoms with van der Waals surface area (Å²) >= 11 is 0. The van der Waals surface area contributed by atoms with E-state index in [2.05, 4.69) is 16.3 Å². The van der Waals surface area contributed by atoms with Crippen LogP contribution in [0.25, 0.3) is 0 Å². The number of imide groups is 1. The van der Waals surface area contributed by atoms with E-state index < -0.39 is 23.7 Å². The van der Waals surface area contributed by atoms with E-state index in [9.17, 15) is 23.6 Å². The number of halogens is 1. The fraction of sp³-hybridized carbons (Fsp3) is 0.448. The van der Waals surface area contributed by atoms with Gasteiger partial charge < -0.3 is 20.3 Å². The molecule has 10 heteroatoms. The van der Waals surface area contributed by atoms with Gasteiger partial charge in [0.2, 0.25) is 11.8 Å². The van der Waals surface area contributed by atoms with Crippen LogP contribution in [0.4, 0.5) is 10.1 Å². The Bertz CT molecular complexity index is 1360. The molecule has 1 atom stereocenters. The molecule has 2 aromatic rings. The van der Waals surface area contributed by atoms with Crippen LogP contribution in [0.15, 0.2) is 36.4 Å². The Kier molecular flexibility index (Phi) is 6.28. The van der Waals surface area contributed by atoms with Crippen molar-refractivity contribution in [3.8, 4) is 5.75 Å². The Balaban J connectivity index is 1.04. The number of amides is 4. The van der Waals surface area contributed by atoms with E-state index in [1.165, 1.54) is 12.1 Å². The molecule has 9 nitrogen and oxygen atoms in total. The van der Waals surface area contributed by atoms with E-state index in [0.717, 1.165) is 50.0 Å². The minimum Gasteiger partial charge on any atom is -0.493 e. The van der Waals surface area contributed by atoms with E-state index >= 15 is 0 Å². The van der Waals surface area contributed by atoms with Crippen LogP contribution in [0.3, 0.4) is 0 Å². The summed E-state index contributed by atoms with van der Waals surface area (Å²) in [7, 11) is 0. The normalized spacial score (nSPS) is 22.5. The summed E-state index contributed by atoms with van der Waals surface area (Å²) in [6.07, 6.45) is 4.78. The number of hydrogen-bond donors (Lipinski definition) is 2. The zero-order valence-electron chi connectivity index (χ0n) is 21.6.